The van der Waals surface area contributed by atoms with Gasteiger partial charge in [0.25, 0.3) is 0 Å². The molecule has 1 aromatic rings. The van der Waals surface area contributed by atoms with Crippen LogP contribution in [-0.2, 0) is 6.18 Å². The summed E-state index contributed by atoms with van der Waals surface area (Å²) in [5, 5.41) is 0. The molecule has 0 atom stereocenters. The van der Waals surface area contributed by atoms with E-state index in [1.807, 2.05) is 0 Å². The van der Waals surface area contributed by atoms with Crippen LogP contribution < -0.4 is 4.98 Å². The fraction of sp³-hybridized carbons (Fsp3) is 0.286. The average Bonchev–Trinajstić information content (AvgIpc) is 1.86. The van der Waals surface area contributed by atoms with Crippen LogP contribution in [0, 0.1) is 6.92 Å². The van der Waals surface area contributed by atoms with E-state index in [0.29, 0.717) is 5.69 Å². The molecule has 0 aliphatic carbocycles. The van der Waals surface area contributed by atoms with Crippen molar-refractivity contribution in [2.45, 2.75) is 13.1 Å². The minimum Gasteiger partial charge on any atom is -0.215 e. The summed E-state index contributed by atoms with van der Waals surface area (Å²) in [4.78, 5) is 2.49. The highest BCUT2D eigenvalue weighted by Crippen LogP contribution is 2.27. The van der Waals surface area contributed by atoms with Gasteiger partial charge in [0.2, 0.25) is 0 Å². The lowest BCUT2D eigenvalue weighted by atomic mass is 10.2. The first-order chi connectivity index (χ1) is 5.00. The van der Waals surface area contributed by atoms with Crippen molar-refractivity contribution in [2.75, 3.05) is 0 Å². The van der Waals surface area contributed by atoms with E-state index in [1.165, 1.54) is 6.07 Å². The second kappa shape index (κ2) is 2.53. The third kappa shape index (κ3) is 1.93. The van der Waals surface area contributed by atoms with E-state index >= 15 is 0 Å². The van der Waals surface area contributed by atoms with Crippen LogP contribution in [0.15, 0.2) is 18.3 Å². The van der Waals surface area contributed by atoms with Crippen LogP contribution in [0.3, 0.4) is 0 Å². The molecule has 0 aromatic carbocycles. The zero-order chi connectivity index (χ0) is 8.48. The van der Waals surface area contributed by atoms with E-state index in [0.717, 1.165) is 12.3 Å². The van der Waals surface area contributed by atoms with Crippen LogP contribution in [-0.4, -0.2) is 0 Å². The Morgan fingerprint density at radius 1 is 1.27 bits per heavy atom. The maximum Gasteiger partial charge on any atom is 0.422 e. The zero-order valence-corrected chi connectivity index (χ0v) is 5.87. The molecule has 60 valence electrons. The van der Waals surface area contributed by atoms with Gasteiger partial charge in [0.1, 0.15) is 5.56 Å². The number of hydrogen-bond acceptors (Lipinski definition) is 0. The normalized spacial score (nSPS) is 11.6. The number of H-pyrrole nitrogens is 1. The Balaban J connectivity index is 2.99. The lowest BCUT2D eigenvalue weighted by Gasteiger charge is -2.01. The van der Waals surface area contributed by atoms with Crippen molar-refractivity contribution in [3.05, 3.63) is 29.6 Å². The average molecular weight is 162 g/mol. The minimum absolute atomic E-state index is 0.650. The molecule has 1 heterocycles. The molecule has 1 N–H and O–H groups in total. The van der Waals surface area contributed by atoms with Crippen molar-refractivity contribution in [3.63, 3.8) is 0 Å². The highest BCUT2D eigenvalue weighted by atomic mass is 19.4. The molecule has 1 aromatic heterocycles. The molecule has 0 amide bonds. The molecule has 0 aliphatic rings. The van der Waals surface area contributed by atoms with Gasteiger partial charge in [0, 0.05) is 13.0 Å². The van der Waals surface area contributed by atoms with E-state index in [9.17, 15) is 13.2 Å². The zero-order valence-electron chi connectivity index (χ0n) is 5.87. The Bertz CT molecular complexity index is 237. The summed E-state index contributed by atoms with van der Waals surface area (Å²) in [5.41, 5.74) is 0.0566. The molecule has 0 aliphatic heterocycles. The molecule has 4 heteroatoms. The Labute approximate surface area is 61.9 Å². The number of pyridine rings is 1. The largest absolute Gasteiger partial charge is 0.422 e. The molecule has 0 spiro atoms. The first-order valence-electron chi connectivity index (χ1n) is 3.05. The van der Waals surface area contributed by atoms with Crippen LogP contribution in [0.1, 0.15) is 11.3 Å². The van der Waals surface area contributed by atoms with Crippen molar-refractivity contribution >= 4 is 0 Å². The highest BCUT2D eigenvalue weighted by molar-refractivity contribution is 5.11. The van der Waals surface area contributed by atoms with Crippen LogP contribution in [0.5, 0.6) is 0 Å². The number of aromatic nitrogens is 1. The summed E-state index contributed by atoms with van der Waals surface area (Å²) in [6.45, 7) is 1.69. The number of halogens is 3. The quantitative estimate of drug-likeness (QED) is 0.552. The second-order valence-corrected chi connectivity index (χ2v) is 2.26. The summed E-state index contributed by atoms with van der Waals surface area (Å²) in [6, 6.07) is 2.44. The summed E-state index contributed by atoms with van der Waals surface area (Å²) >= 11 is 0. The van der Waals surface area contributed by atoms with E-state index in [4.69, 9.17) is 0 Å². The van der Waals surface area contributed by atoms with Crippen molar-refractivity contribution in [3.8, 4) is 0 Å². The lowest BCUT2D eigenvalue weighted by Crippen LogP contribution is -2.13. The predicted molar refractivity (Wildman–Crippen MR) is 32.7 cm³/mol. The highest BCUT2D eigenvalue weighted by Gasteiger charge is 2.32. The molecule has 0 unspecified atom stereocenters. The topological polar surface area (TPSA) is 14.1 Å². The maximum absolute atomic E-state index is 11.9. The summed E-state index contributed by atoms with van der Waals surface area (Å²) < 4.78 is 35.7. The van der Waals surface area contributed by atoms with Gasteiger partial charge in [-0.15, -0.1) is 0 Å². The Hall–Kier alpha value is -1.06. The number of alkyl halides is 3. The fourth-order valence-electron chi connectivity index (χ4n) is 0.679. The molecule has 11 heavy (non-hydrogen) atoms. The third-order valence-electron chi connectivity index (χ3n) is 1.30. The standard InChI is InChI=1S/C7H6F3N/c1-5-2-3-6(4-11-5)7(8,9)10/h2-4H,1H3/p+1. The van der Waals surface area contributed by atoms with Crippen molar-refractivity contribution < 1.29 is 18.2 Å². The number of aromatic amines is 1. The van der Waals surface area contributed by atoms with Crippen molar-refractivity contribution in [2.24, 2.45) is 0 Å². The number of hydrogen-bond donors (Lipinski definition) is 0. The van der Waals surface area contributed by atoms with Crippen LogP contribution in [0.25, 0.3) is 0 Å². The fourth-order valence-corrected chi connectivity index (χ4v) is 0.679. The molecule has 0 saturated heterocycles. The van der Waals surface area contributed by atoms with E-state index in [-0.39, 0.29) is 0 Å². The molecule has 0 radical (unpaired) electrons. The Morgan fingerprint density at radius 2 is 1.91 bits per heavy atom. The smallest absolute Gasteiger partial charge is 0.215 e. The second-order valence-electron chi connectivity index (χ2n) is 2.26. The third-order valence-corrected chi connectivity index (χ3v) is 1.30. The van der Waals surface area contributed by atoms with Gasteiger partial charge in [-0.3, -0.25) is 0 Å². The van der Waals surface area contributed by atoms with Gasteiger partial charge in [0.05, 0.1) is 0 Å². The van der Waals surface area contributed by atoms with Gasteiger partial charge in [0.15, 0.2) is 11.9 Å². The van der Waals surface area contributed by atoms with Crippen molar-refractivity contribution in [1.82, 2.24) is 0 Å². The van der Waals surface area contributed by atoms with Gasteiger partial charge < -0.3 is 0 Å². The minimum atomic E-state index is -4.25. The molecular weight excluding hydrogens is 155 g/mol. The molecule has 1 nitrogen and oxygen atoms in total. The summed E-state index contributed by atoms with van der Waals surface area (Å²) in [6.07, 6.45) is -3.29. The Morgan fingerprint density at radius 3 is 2.27 bits per heavy atom. The van der Waals surface area contributed by atoms with Gasteiger partial charge >= 0.3 is 6.18 Å². The van der Waals surface area contributed by atoms with Gasteiger partial charge in [-0.1, -0.05) is 0 Å². The molecule has 0 fully saturated rings. The lowest BCUT2D eigenvalue weighted by molar-refractivity contribution is -0.390. The van der Waals surface area contributed by atoms with E-state index in [1.54, 1.807) is 6.92 Å². The molecular formula is C7H7F3N+. The monoisotopic (exact) mass is 162 g/mol. The van der Waals surface area contributed by atoms with Crippen LogP contribution in [0.4, 0.5) is 13.2 Å². The van der Waals surface area contributed by atoms with Gasteiger partial charge in [-0.25, -0.2) is 4.98 Å². The predicted octanol–water partition coefficient (Wildman–Crippen LogP) is 1.83. The SMILES string of the molecule is Cc1ccc(C(F)(F)F)c[nH+]1. The van der Waals surface area contributed by atoms with E-state index in [2.05, 4.69) is 4.98 Å². The van der Waals surface area contributed by atoms with Crippen molar-refractivity contribution in [1.29, 1.82) is 0 Å². The maximum atomic E-state index is 11.9. The summed E-state index contributed by atoms with van der Waals surface area (Å²) in [7, 11) is 0. The van der Waals surface area contributed by atoms with Crippen LogP contribution >= 0.6 is 0 Å². The van der Waals surface area contributed by atoms with Gasteiger partial charge in [-0.05, 0) is 6.07 Å². The molecule has 1 rings (SSSR count). The molecule has 0 bridgehead atoms. The Kier molecular flexibility index (Phi) is 1.85. The number of nitrogens with one attached hydrogen (secondary N) is 1. The van der Waals surface area contributed by atoms with Gasteiger partial charge in [-0.2, -0.15) is 13.2 Å². The first kappa shape index (κ1) is 8.04. The summed E-state index contributed by atoms with van der Waals surface area (Å²) in [5.74, 6) is 0. The van der Waals surface area contributed by atoms with E-state index < -0.39 is 11.7 Å². The van der Waals surface area contributed by atoms with Crippen LogP contribution in [0.2, 0.25) is 0 Å². The number of aryl methyl sites for hydroxylation is 1. The molecule has 0 saturated carbocycles. The number of rotatable bonds is 0. The first-order valence-corrected chi connectivity index (χ1v) is 3.05.